The molecule has 0 fully saturated rings. The standard InChI is InChI=1S/C14H16/c1-2-6-12-9-10-13-7-4-3-5-8-14(13)11-12/h3-5,7,9-11H,2,6,8H2,1H3. The summed E-state index contributed by atoms with van der Waals surface area (Å²) in [5, 5.41) is 0. The molecule has 0 bridgehead atoms. The Bertz CT molecular complexity index is 370. The molecule has 0 heterocycles. The molecule has 1 aromatic rings. The van der Waals surface area contributed by atoms with Gasteiger partial charge in [0.2, 0.25) is 0 Å². The zero-order chi connectivity index (χ0) is 9.80. The number of benzene rings is 1. The summed E-state index contributed by atoms with van der Waals surface area (Å²) in [6.07, 6.45) is 12.1. The van der Waals surface area contributed by atoms with E-state index in [1.165, 1.54) is 29.5 Å². The topological polar surface area (TPSA) is 0 Å². The van der Waals surface area contributed by atoms with Gasteiger partial charge in [-0.15, -0.1) is 0 Å². The minimum atomic E-state index is 1.07. The van der Waals surface area contributed by atoms with E-state index in [1.807, 2.05) is 0 Å². The molecule has 0 saturated carbocycles. The molecule has 0 atom stereocenters. The van der Waals surface area contributed by atoms with Crippen LogP contribution in [0.3, 0.4) is 0 Å². The molecule has 72 valence electrons. The molecule has 0 aromatic heterocycles. The first-order valence-corrected chi connectivity index (χ1v) is 5.35. The maximum atomic E-state index is 2.35. The lowest BCUT2D eigenvalue weighted by atomic mass is 10.00. The maximum Gasteiger partial charge on any atom is -0.00883 e. The Kier molecular flexibility index (Phi) is 2.83. The first-order chi connectivity index (χ1) is 6.90. The van der Waals surface area contributed by atoms with Crippen molar-refractivity contribution in [2.75, 3.05) is 0 Å². The second-order valence-electron chi connectivity index (χ2n) is 3.77. The monoisotopic (exact) mass is 184 g/mol. The van der Waals surface area contributed by atoms with Gasteiger partial charge >= 0.3 is 0 Å². The Morgan fingerprint density at radius 3 is 3.00 bits per heavy atom. The number of allylic oxidation sites excluding steroid dienone is 3. The fourth-order valence-electron chi connectivity index (χ4n) is 1.88. The molecule has 0 aliphatic heterocycles. The summed E-state index contributed by atoms with van der Waals surface area (Å²) in [6.45, 7) is 2.23. The molecular weight excluding hydrogens is 168 g/mol. The molecule has 0 saturated heterocycles. The molecule has 0 radical (unpaired) electrons. The molecule has 1 aliphatic carbocycles. The highest BCUT2D eigenvalue weighted by Gasteiger charge is 2.01. The summed E-state index contributed by atoms with van der Waals surface area (Å²) in [7, 11) is 0. The van der Waals surface area contributed by atoms with E-state index in [0.717, 1.165) is 6.42 Å². The molecule has 14 heavy (non-hydrogen) atoms. The van der Waals surface area contributed by atoms with Gasteiger partial charge in [-0.05, 0) is 29.5 Å². The van der Waals surface area contributed by atoms with Crippen LogP contribution in [0.15, 0.2) is 36.4 Å². The zero-order valence-electron chi connectivity index (χ0n) is 8.66. The van der Waals surface area contributed by atoms with E-state index in [9.17, 15) is 0 Å². The van der Waals surface area contributed by atoms with E-state index in [0.29, 0.717) is 0 Å². The van der Waals surface area contributed by atoms with Crippen molar-refractivity contribution in [1.29, 1.82) is 0 Å². The molecule has 0 heteroatoms. The largest absolute Gasteiger partial charge is 0.0801 e. The molecule has 0 N–H and O–H groups in total. The SMILES string of the molecule is CCCc1ccc2c(c1)CC=CC=C2. The summed E-state index contributed by atoms with van der Waals surface area (Å²) in [6, 6.07) is 6.83. The van der Waals surface area contributed by atoms with Crippen LogP contribution in [0, 0.1) is 0 Å². The van der Waals surface area contributed by atoms with Crippen molar-refractivity contribution in [2.45, 2.75) is 26.2 Å². The summed E-state index contributed by atoms with van der Waals surface area (Å²) in [4.78, 5) is 0. The predicted octanol–water partition coefficient (Wildman–Crippen LogP) is 3.76. The van der Waals surface area contributed by atoms with Crippen molar-refractivity contribution in [3.63, 3.8) is 0 Å². The first kappa shape index (κ1) is 9.26. The smallest absolute Gasteiger partial charge is 0.00883 e. The van der Waals surface area contributed by atoms with E-state index in [4.69, 9.17) is 0 Å². The number of aryl methyl sites for hydroxylation is 1. The van der Waals surface area contributed by atoms with Crippen molar-refractivity contribution >= 4 is 6.08 Å². The highest BCUT2D eigenvalue weighted by molar-refractivity contribution is 5.58. The number of hydrogen-bond acceptors (Lipinski definition) is 0. The number of fused-ring (bicyclic) bond motifs is 1. The van der Waals surface area contributed by atoms with Crippen LogP contribution in [0.4, 0.5) is 0 Å². The van der Waals surface area contributed by atoms with Crippen LogP contribution in [-0.4, -0.2) is 0 Å². The minimum Gasteiger partial charge on any atom is -0.0801 e. The third-order valence-electron chi connectivity index (χ3n) is 2.61. The van der Waals surface area contributed by atoms with Gasteiger partial charge in [-0.3, -0.25) is 0 Å². The van der Waals surface area contributed by atoms with Crippen molar-refractivity contribution in [1.82, 2.24) is 0 Å². The Balaban J connectivity index is 2.34. The Morgan fingerprint density at radius 1 is 1.21 bits per heavy atom. The Morgan fingerprint density at radius 2 is 2.14 bits per heavy atom. The summed E-state index contributed by atoms with van der Waals surface area (Å²) in [5.74, 6) is 0. The highest BCUT2D eigenvalue weighted by Crippen LogP contribution is 2.18. The van der Waals surface area contributed by atoms with Gasteiger partial charge in [0.25, 0.3) is 0 Å². The van der Waals surface area contributed by atoms with E-state index in [1.54, 1.807) is 0 Å². The van der Waals surface area contributed by atoms with Gasteiger partial charge in [0, 0.05) is 0 Å². The van der Waals surface area contributed by atoms with Crippen LogP contribution in [0.5, 0.6) is 0 Å². The average Bonchev–Trinajstić information content (AvgIpc) is 2.42. The molecule has 0 unspecified atom stereocenters. The predicted molar refractivity (Wildman–Crippen MR) is 62.3 cm³/mol. The van der Waals surface area contributed by atoms with Crippen molar-refractivity contribution in [2.24, 2.45) is 0 Å². The average molecular weight is 184 g/mol. The second-order valence-corrected chi connectivity index (χ2v) is 3.77. The lowest BCUT2D eigenvalue weighted by Crippen LogP contribution is -1.90. The Labute approximate surface area is 86.0 Å². The third-order valence-corrected chi connectivity index (χ3v) is 2.61. The van der Waals surface area contributed by atoms with Crippen molar-refractivity contribution < 1.29 is 0 Å². The zero-order valence-corrected chi connectivity index (χ0v) is 8.66. The van der Waals surface area contributed by atoms with Gasteiger partial charge in [0.15, 0.2) is 0 Å². The summed E-state index contributed by atoms with van der Waals surface area (Å²) in [5.41, 5.74) is 4.30. The fraction of sp³-hybridized carbons (Fsp3) is 0.286. The van der Waals surface area contributed by atoms with Crippen LogP contribution in [0.2, 0.25) is 0 Å². The van der Waals surface area contributed by atoms with Crippen LogP contribution < -0.4 is 0 Å². The van der Waals surface area contributed by atoms with Crippen LogP contribution in [0.1, 0.15) is 30.0 Å². The van der Waals surface area contributed by atoms with E-state index in [-0.39, 0.29) is 0 Å². The van der Waals surface area contributed by atoms with Gasteiger partial charge in [-0.25, -0.2) is 0 Å². The van der Waals surface area contributed by atoms with Gasteiger partial charge in [0.05, 0.1) is 0 Å². The lowest BCUT2D eigenvalue weighted by Gasteiger charge is -2.05. The van der Waals surface area contributed by atoms with Gasteiger partial charge in [-0.2, -0.15) is 0 Å². The van der Waals surface area contributed by atoms with Crippen molar-refractivity contribution in [3.8, 4) is 0 Å². The van der Waals surface area contributed by atoms with Crippen molar-refractivity contribution in [3.05, 3.63) is 53.1 Å². The van der Waals surface area contributed by atoms with E-state index in [2.05, 4.69) is 49.4 Å². The molecular formula is C14H16. The first-order valence-electron chi connectivity index (χ1n) is 5.35. The number of hydrogen-bond donors (Lipinski definition) is 0. The molecule has 0 nitrogen and oxygen atoms in total. The molecule has 0 amide bonds. The summed E-state index contributed by atoms with van der Waals surface area (Å²) >= 11 is 0. The van der Waals surface area contributed by atoms with Crippen LogP contribution in [0.25, 0.3) is 6.08 Å². The Hall–Kier alpha value is -1.30. The number of rotatable bonds is 2. The summed E-state index contributed by atoms with van der Waals surface area (Å²) < 4.78 is 0. The quantitative estimate of drug-likeness (QED) is 0.656. The normalized spacial score (nSPS) is 13.8. The fourth-order valence-corrected chi connectivity index (χ4v) is 1.88. The van der Waals surface area contributed by atoms with E-state index >= 15 is 0 Å². The van der Waals surface area contributed by atoms with Gasteiger partial charge in [0.1, 0.15) is 0 Å². The lowest BCUT2D eigenvalue weighted by molar-refractivity contribution is 0.918. The second kappa shape index (κ2) is 4.28. The molecule has 0 spiro atoms. The molecule has 1 aromatic carbocycles. The molecule has 1 aliphatic rings. The maximum absolute atomic E-state index is 2.35. The van der Waals surface area contributed by atoms with Gasteiger partial charge < -0.3 is 0 Å². The van der Waals surface area contributed by atoms with Gasteiger partial charge in [-0.1, -0.05) is 55.8 Å². The third kappa shape index (κ3) is 1.95. The minimum absolute atomic E-state index is 1.07. The highest BCUT2D eigenvalue weighted by atomic mass is 14.1. The van der Waals surface area contributed by atoms with Crippen LogP contribution >= 0.6 is 0 Å². The van der Waals surface area contributed by atoms with Crippen LogP contribution in [-0.2, 0) is 12.8 Å². The molecule has 2 rings (SSSR count). The van der Waals surface area contributed by atoms with E-state index < -0.39 is 0 Å².